The Morgan fingerprint density at radius 3 is 2.60 bits per heavy atom. The van der Waals surface area contributed by atoms with E-state index < -0.39 is 0 Å². The molecule has 4 aromatic rings. The van der Waals surface area contributed by atoms with Crippen LogP contribution in [0.5, 0.6) is 0 Å². The topological polar surface area (TPSA) is 64.3 Å². The number of aromatic amines is 1. The lowest BCUT2D eigenvalue weighted by Crippen LogP contribution is -2.37. The summed E-state index contributed by atoms with van der Waals surface area (Å²) in [7, 11) is 4.32. The van der Waals surface area contributed by atoms with E-state index in [4.69, 9.17) is 0 Å². The van der Waals surface area contributed by atoms with E-state index in [1.54, 1.807) is 0 Å². The molecule has 2 fully saturated rings. The number of amides is 1. The van der Waals surface area contributed by atoms with Crippen LogP contribution in [0.4, 0.5) is 0 Å². The number of fused-ring (bicyclic) bond motifs is 1. The summed E-state index contributed by atoms with van der Waals surface area (Å²) in [5.74, 6) is 0.0629. The van der Waals surface area contributed by atoms with Crippen LogP contribution in [0.2, 0.25) is 0 Å². The van der Waals surface area contributed by atoms with Gasteiger partial charge in [-0.2, -0.15) is 5.10 Å². The summed E-state index contributed by atoms with van der Waals surface area (Å²) in [5, 5.41) is 11.8. The van der Waals surface area contributed by atoms with Gasteiger partial charge in [-0.1, -0.05) is 66.7 Å². The summed E-state index contributed by atoms with van der Waals surface area (Å²) in [4.78, 5) is 17.5. The maximum atomic E-state index is 12.6. The molecule has 0 aliphatic carbocycles. The van der Waals surface area contributed by atoms with Gasteiger partial charge < -0.3 is 10.2 Å². The maximum Gasteiger partial charge on any atom is 0.247 e. The number of rotatable bonds is 8. The molecule has 6 heteroatoms. The van der Waals surface area contributed by atoms with Crippen molar-refractivity contribution in [1.29, 1.82) is 0 Å². The Kier molecular flexibility index (Phi) is 7.62. The molecule has 1 unspecified atom stereocenters. The van der Waals surface area contributed by atoms with E-state index in [2.05, 4.69) is 106 Å². The van der Waals surface area contributed by atoms with Gasteiger partial charge >= 0.3 is 0 Å². The van der Waals surface area contributed by atoms with E-state index in [9.17, 15) is 4.79 Å². The summed E-state index contributed by atoms with van der Waals surface area (Å²) in [5.41, 5.74) is 7.32. The number of nitrogens with one attached hydrogen (secondary N) is 2. The molecule has 0 radical (unpaired) electrons. The monoisotopic (exact) mass is 531 g/mol. The maximum absolute atomic E-state index is 12.6. The second kappa shape index (κ2) is 11.6. The fourth-order valence-corrected chi connectivity index (χ4v) is 6.04. The number of carbonyl (C=O) groups is 1. The Hall–Kier alpha value is -4.00. The fourth-order valence-electron chi connectivity index (χ4n) is 6.04. The Bertz CT molecular complexity index is 1530. The largest absolute Gasteiger partial charge is 0.351 e. The van der Waals surface area contributed by atoms with E-state index in [-0.39, 0.29) is 11.8 Å². The van der Waals surface area contributed by atoms with Gasteiger partial charge in [-0.25, -0.2) is 0 Å². The summed E-state index contributed by atoms with van der Waals surface area (Å²) < 4.78 is 0. The predicted molar refractivity (Wildman–Crippen MR) is 164 cm³/mol. The summed E-state index contributed by atoms with van der Waals surface area (Å²) >= 11 is 0. The second-order valence-electron chi connectivity index (χ2n) is 11.3. The number of hydrogen-bond acceptors (Lipinski definition) is 4. The van der Waals surface area contributed by atoms with Crippen LogP contribution in [-0.4, -0.2) is 65.7 Å². The van der Waals surface area contributed by atoms with E-state index in [1.807, 2.05) is 24.3 Å². The molecule has 6 rings (SSSR count). The third-order valence-corrected chi connectivity index (χ3v) is 8.12. The van der Waals surface area contributed by atoms with Gasteiger partial charge in [-0.15, -0.1) is 0 Å². The first-order chi connectivity index (χ1) is 19.5. The minimum Gasteiger partial charge on any atom is -0.351 e. The summed E-state index contributed by atoms with van der Waals surface area (Å²) in [6.45, 7) is 3.96. The molecule has 0 bridgehead atoms. The molecule has 0 saturated carbocycles. The van der Waals surface area contributed by atoms with E-state index in [0.29, 0.717) is 12.6 Å². The van der Waals surface area contributed by atoms with Gasteiger partial charge in [0.15, 0.2) is 0 Å². The molecule has 3 aromatic carbocycles. The molecule has 2 aliphatic heterocycles. The average molecular weight is 532 g/mol. The van der Waals surface area contributed by atoms with Gasteiger partial charge in [0.25, 0.3) is 0 Å². The standard InChI is InChI=1S/C34H37N5O/c1-38(2)23-28-9-6-18-39(28)22-25-12-10-24(11-13-25)15-17-32-29-16-14-26(20-33(29)37-36-32)19-30-31(21-35-34(30)40)27-7-4-3-5-8-27/h3-5,7-8,10-17,19-20,28,31H,6,9,18,21-23H2,1-2H3,(H,35,40)(H,36,37)/b17-15+,30-19+/t28-,31?/m1/s1. The molecule has 2 atom stereocenters. The van der Waals surface area contributed by atoms with Gasteiger partial charge in [0.1, 0.15) is 0 Å². The normalized spacial score (nSPS) is 20.9. The van der Waals surface area contributed by atoms with Crippen LogP contribution < -0.4 is 5.32 Å². The number of likely N-dealkylation sites (N-methyl/N-ethyl adjacent to an activating group) is 1. The zero-order valence-corrected chi connectivity index (χ0v) is 23.3. The molecule has 40 heavy (non-hydrogen) atoms. The van der Waals surface area contributed by atoms with Crippen molar-refractivity contribution in [3.63, 3.8) is 0 Å². The molecule has 1 amide bonds. The average Bonchev–Trinajstić information content (AvgIpc) is 3.67. The molecule has 0 spiro atoms. The van der Waals surface area contributed by atoms with Crippen LogP contribution in [0.15, 0.2) is 78.4 Å². The molecule has 6 nitrogen and oxygen atoms in total. The molecule has 1 aromatic heterocycles. The van der Waals surface area contributed by atoms with E-state index in [0.717, 1.165) is 51.9 Å². The van der Waals surface area contributed by atoms with Gasteiger partial charge in [0.2, 0.25) is 5.91 Å². The lowest BCUT2D eigenvalue weighted by molar-refractivity contribution is -0.116. The molecular formula is C34H37N5O. The van der Waals surface area contributed by atoms with Crippen LogP contribution in [0, 0.1) is 0 Å². The quantitative estimate of drug-likeness (QED) is 0.293. The van der Waals surface area contributed by atoms with Crippen molar-refractivity contribution in [2.45, 2.75) is 31.3 Å². The Labute approximate surface area is 236 Å². The van der Waals surface area contributed by atoms with Gasteiger partial charge in [0.05, 0.1) is 11.2 Å². The third-order valence-electron chi connectivity index (χ3n) is 8.12. The van der Waals surface area contributed by atoms with Crippen molar-refractivity contribution in [3.05, 3.63) is 106 Å². The minimum atomic E-state index is 0.00186. The molecule has 204 valence electrons. The van der Waals surface area contributed by atoms with Crippen LogP contribution in [0.1, 0.15) is 46.7 Å². The zero-order chi connectivity index (χ0) is 27.5. The number of likely N-dealkylation sites (tertiary alicyclic amines) is 1. The van der Waals surface area contributed by atoms with E-state index in [1.165, 1.54) is 24.9 Å². The summed E-state index contributed by atoms with van der Waals surface area (Å²) in [6.07, 6.45) is 8.77. The lowest BCUT2D eigenvalue weighted by Gasteiger charge is -2.27. The van der Waals surface area contributed by atoms with Gasteiger partial charge in [-0.05, 0) is 80.0 Å². The van der Waals surface area contributed by atoms with Crippen LogP contribution in [0.3, 0.4) is 0 Å². The van der Waals surface area contributed by atoms with E-state index >= 15 is 0 Å². The molecule has 2 aliphatic rings. The highest BCUT2D eigenvalue weighted by atomic mass is 16.2. The highest BCUT2D eigenvalue weighted by Crippen LogP contribution is 2.31. The first-order valence-electron chi connectivity index (χ1n) is 14.2. The molecule has 3 heterocycles. The first-order valence-corrected chi connectivity index (χ1v) is 14.2. The van der Waals surface area contributed by atoms with Crippen molar-refractivity contribution in [1.82, 2.24) is 25.3 Å². The second-order valence-corrected chi connectivity index (χ2v) is 11.3. The lowest BCUT2D eigenvalue weighted by atomic mass is 9.92. The number of hydrogen-bond donors (Lipinski definition) is 2. The number of benzene rings is 3. The minimum absolute atomic E-state index is 0.00186. The van der Waals surface area contributed by atoms with Crippen LogP contribution in [-0.2, 0) is 11.3 Å². The van der Waals surface area contributed by atoms with Gasteiger partial charge in [0, 0.05) is 42.6 Å². The van der Waals surface area contributed by atoms with Crippen molar-refractivity contribution in [3.8, 4) is 0 Å². The molecular weight excluding hydrogens is 494 g/mol. The Morgan fingerprint density at radius 2 is 1.80 bits per heavy atom. The van der Waals surface area contributed by atoms with Gasteiger partial charge in [-0.3, -0.25) is 14.8 Å². The highest BCUT2D eigenvalue weighted by Gasteiger charge is 2.29. The smallest absolute Gasteiger partial charge is 0.247 e. The van der Waals surface area contributed by atoms with Crippen LogP contribution in [0.25, 0.3) is 29.1 Å². The van der Waals surface area contributed by atoms with Crippen molar-refractivity contribution in [2.75, 3.05) is 33.7 Å². The SMILES string of the molecule is CN(C)C[C@H]1CCCN1Cc1ccc(/C=C/c2n[nH]c3cc(/C=C4/C(=O)NCC4c4ccccc4)ccc23)cc1. The number of carbonyl (C=O) groups excluding carboxylic acids is 1. The van der Waals surface area contributed by atoms with Crippen molar-refractivity contribution >= 4 is 35.0 Å². The molecule has 2 N–H and O–H groups in total. The number of nitrogens with zero attached hydrogens (tertiary/aromatic N) is 3. The summed E-state index contributed by atoms with van der Waals surface area (Å²) in [6, 6.07) is 25.9. The number of aromatic nitrogens is 2. The van der Waals surface area contributed by atoms with Crippen LogP contribution >= 0.6 is 0 Å². The third kappa shape index (κ3) is 5.79. The Morgan fingerprint density at radius 1 is 1.00 bits per heavy atom. The van der Waals surface area contributed by atoms with Crippen molar-refractivity contribution < 1.29 is 4.79 Å². The Balaban J connectivity index is 1.14. The zero-order valence-electron chi connectivity index (χ0n) is 23.3. The molecule has 2 saturated heterocycles. The first kappa shape index (κ1) is 26.2. The van der Waals surface area contributed by atoms with Crippen molar-refractivity contribution in [2.24, 2.45) is 0 Å². The predicted octanol–water partition coefficient (Wildman–Crippen LogP) is 5.56. The highest BCUT2D eigenvalue weighted by molar-refractivity contribution is 6.02. The fraction of sp³-hybridized carbons (Fsp3) is 0.294. The number of H-pyrrole nitrogens is 1.